The van der Waals surface area contributed by atoms with Gasteiger partial charge in [0.1, 0.15) is 17.7 Å². The summed E-state index contributed by atoms with van der Waals surface area (Å²) in [5.74, 6) is -1.82. The van der Waals surface area contributed by atoms with Crippen molar-refractivity contribution in [2.75, 3.05) is 6.54 Å². The summed E-state index contributed by atoms with van der Waals surface area (Å²) in [6.07, 6.45) is 4.59. The van der Waals surface area contributed by atoms with E-state index in [1.807, 2.05) is 19.1 Å². The number of nitrogens with zero attached hydrogens (tertiary/aromatic N) is 2. The number of amides is 3. The molecule has 1 aromatic carbocycles. The van der Waals surface area contributed by atoms with E-state index in [4.69, 9.17) is 9.47 Å². The Balaban J connectivity index is 1.16. The third-order valence-electron chi connectivity index (χ3n) is 9.92. The van der Waals surface area contributed by atoms with E-state index in [1.165, 1.54) is 29.3 Å². The molecule has 2 aliphatic carbocycles. The largest absolute Gasteiger partial charge is 0.586 e. The van der Waals surface area contributed by atoms with Crippen LogP contribution in [0.2, 0.25) is 0 Å². The normalized spacial score (nSPS) is 32.3. The number of nitrogens with one attached hydrogen (secondary N) is 2. The summed E-state index contributed by atoms with van der Waals surface area (Å²) in [7, 11) is -3.87. The van der Waals surface area contributed by atoms with Crippen LogP contribution in [0.1, 0.15) is 65.2 Å². The summed E-state index contributed by atoms with van der Waals surface area (Å²) < 4.78 is 70.8. The highest BCUT2D eigenvalue weighted by Gasteiger charge is 2.62. The molecule has 12 nitrogen and oxygen atoms in total. The van der Waals surface area contributed by atoms with Crippen LogP contribution in [-0.2, 0) is 24.4 Å². The molecule has 2 saturated carbocycles. The fraction of sp³-hybridized carbons (Fsp3) is 0.576. The molecule has 258 valence electrons. The standard InChI is InChI=1S/C33H38F2N4O8S/c1-18-5-3-4-6-20-16-32(20,31(42)38-48(43,44)22-7-8-22)37-29(41)25-15-21(17-39(25)27(40)14-19(2)13-18)45-30-24-9-10-26-28(23(24)11-12-36-30)47-33(34,35)46-26/h4,6,9-12,18-22,25H,3,5,7-8,13-17H2,1-2H3,(H,37,41)(H,38,42)/b6-4-/t18-,19+,20+,21+,25-,32+/m0/s1. The average Bonchev–Trinajstić information content (AvgIpc) is 3.91. The Labute approximate surface area is 276 Å². The SMILES string of the molecule is C[C@H]1CC/C=C\[C@@H]2C[C@@]2(C(=O)NS(=O)(=O)C2CC2)NC(=O)[C@@H]2C[C@@H](Oc3nccc4c5c(ccc34)OC(F)(F)O5)CN2C(=O)C[C@H](C)C1. The molecule has 15 heteroatoms. The van der Waals surface area contributed by atoms with E-state index in [-0.39, 0.29) is 55.0 Å². The first-order valence-corrected chi connectivity index (χ1v) is 18.0. The van der Waals surface area contributed by atoms with Crippen LogP contribution in [0.25, 0.3) is 10.8 Å². The van der Waals surface area contributed by atoms with Gasteiger partial charge in [-0.25, -0.2) is 13.4 Å². The third kappa shape index (κ3) is 6.28. The number of fused-ring (bicyclic) bond motifs is 5. The second-order valence-corrected chi connectivity index (χ2v) is 15.9. The van der Waals surface area contributed by atoms with E-state index in [1.54, 1.807) is 0 Å². The van der Waals surface area contributed by atoms with Gasteiger partial charge in [-0.3, -0.25) is 19.1 Å². The molecule has 3 aliphatic heterocycles. The number of pyridine rings is 1. The van der Waals surface area contributed by atoms with Crippen molar-refractivity contribution in [1.29, 1.82) is 0 Å². The summed E-state index contributed by atoms with van der Waals surface area (Å²) in [6.45, 7) is 4.17. The first kappa shape index (κ1) is 32.5. The van der Waals surface area contributed by atoms with Gasteiger partial charge in [-0.2, -0.15) is 0 Å². The van der Waals surface area contributed by atoms with Crippen LogP contribution in [0.15, 0.2) is 36.5 Å². The summed E-state index contributed by atoms with van der Waals surface area (Å²) >= 11 is 0. The summed E-state index contributed by atoms with van der Waals surface area (Å²) in [4.78, 5) is 47.1. The number of hydrogen-bond acceptors (Lipinski definition) is 9. The van der Waals surface area contributed by atoms with Crippen LogP contribution in [0.5, 0.6) is 17.4 Å². The molecule has 3 amide bonds. The van der Waals surface area contributed by atoms with Gasteiger partial charge in [-0.15, -0.1) is 8.78 Å². The summed E-state index contributed by atoms with van der Waals surface area (Å²) in [6, 6.07) is 3.34. The first-order valence-electron chi connectivity index (χ1n) is 16.4. The van der Waals surface area contributed by atoms with Crippen molar-refractivity contribution in [3.63, 3.8) is 0 Å². The highest BCUT2D eigenvalue weighted by molar-refractivity contribution is 7.91. The quantitative estimate of drug-likeness (QED) is 0.447. The molecular weight excluding hydrogens is 650 g/mol. The fourth-order valence-corrected chi connectivity index (χ4v) is 8.57. The van der Waals surface area contributed by atoms with Crippen LogP contribution in [0.4, 0.5) is 8.78 Å². The minimum absolute atomic E-state index is 0.0401. The van der Waals surface area contributed by atoms with Crippen molar-refractivity contribution in [2.24, 2.45) is 17.8 Å². The van der Waals surface area contributed by atoms with Gasteiger partial charge in [-0.1, -0.05) is 26.0 Å². The maximum absolute atomic E-state index is 14.0. The number of rotatable bonds is 5. The lowest BCUT2D eigenvalue weighted by Crippen LogP contribution is -2.56. The molecule has 6 atom stereocenters. The lowest BCUT2D eigenvalue weighted by molar-refractivity contribution is -0.286. The first-order chi connectivity index (χ1) is 22.7. The van der Waals surface area contributed by atoms with Crippen molar-refractivity contribution in [2.45, 2.75) is 94.4 Å². The molecule has 0 bridgehead atoms. The van der Waals surface area contributed by atoms with Gasteiger partial charge in [-0.05, 0) is 68.6 Å². The second-order valence-electron chi connectivity index (χ2n) is 13.9. The van der Waals surface area contributed by atoms with Gasteiger partial charge in [0.25, 0.3) is 5.91 Å². The maximum atomic E-state index is 14.0. The fourth-order valence-electron chi connectivity index (χ4n) is 7.20. The van der Waals surface area contributed by atoms with Crippen LogP contribution in [0.3, 0.4) is 0 Å². The van der Waals surface area contributed by atoms with Crippen molar-refractivity contribution in [1.82, 2.24) is 19.9 Å². The number of aromatic nitrogens is 1. The van der Waals surface area contributed by atoms with E-state index < -0.39 is 57.0 Å². The van der Waals surface area contributed by atoms with Crippen molar-refractivity contribution >= 4 is 38.5 Å². The van der Waals surface area contributed by atoms with Crippen LogP contribution in [0, 0.1) is 17.8 Å². The minimum Gasteiger partial charge on any atom is -0.472 e. The molecule has 2 N–H and O–H groups in total. The Hall–Kier alpha value is -4.01. The third-order valence-corrected chi connectivity index (χ3v) is 11.7. The second kappa shape index (κ2) is 11.8. The number of carbonyl (C=O) groups is 3. The molecule has 0 unspecified atom stereocenters. The summed E-state index contributed by atoms with van der Waals surface area (Å²) in [5.41, 5.74) is -1.47. The Morgan fingerprint density at radius 1 is 1.08 bits per heavy atom. The number of hydrogen-bond donors (Lipinski definition) is 2. The smallest absolute Gasteiger partial charge is 0.472 e. The lowest BCUT2D eigenvalue weighted by atomic mass is 9.91. The molecule has 7 rings (SSSR count). The number of allylic oxidation sites excluding steroid dienone is 1. The Bertz CT molecular complexity index is 1800. The van der Waals surface area contributed by atoms with Gasteiger partial charge in [0.15, 0.2) is 11.5 Å². The molecular formula is C33H38F2N4O8S. The maximum Gasteiger partial charge on any atom is 0.586 e. The number of sulfonamides is 1. The predicted octanol–water partition coefficient (Wildman–Crippen LogP) is 3.79. The molecule has 1 aromatic heterocycles. The van der Waals surface area contributed by atoms with Gasteiger partial charge in [0.05, 0.1) is 11.8 Å². The molecule has 2 aromatic rings. The minimum atomic E-state index is -3.87. The van der Waals surface area contributed by atoms with Crippen molar-refractivity contribution in [3.8, 4) is 17.4 Å². The molecule has 3 fully saturated rings. The number of ether oxygens (including phenoxy) is 3. The van der Waals surface area contributed by atoms with Crippen molar-refractivity contribution in [3.05, 3.63) is 36.5 Å². The highest BCUT2D eigenvalue weighted by Crippen LogP contribution is 2.48. The molecule has 48 heavy (non-hydrogen) atoms. The number of alkyl halides is 2. The Morgan fingerprint density at radius 3 is 2.65 bits per heavy atom. The van der Waals surface area contributed by atoms with Gasteiger partial charge in [0.2, 0.25) is 27.7 Å². The Kier molecular flexibility index (Phi) is 8.03. The van der Waals surface area contributed by atoms with Gasteiger partial charge in [0, 0.05) is 35.7 Å². The highest BCUT2D eigenvalue weighted by atomic mass is 32.2. The van der Waals surface area contributed by atoms with E-state index in [0.717, 1.165) is 19.3 Å². The Morgan fingerprint density at radius 2 is 1.88 bits per heavy atom. The molecule has 4 heterocycles. The van der Waals surface area contributed by atoms with Crippen LogP contribution in [-0.4, -0.2) is 71.8 Å². The van der Waals surface area contributed by atoms with Crippen LogP contribution < -0.4 is 24.2 Å². The summed E-state index contributed by atoms with van der Waals surface area (Å²) in [5, 5.41) is 2.90. The number of halogens is 2. The van der Waals surface area contributed by atoms with Crippen LogP contribution >= 0.6 is 0 Å². The monoisotopic (exact) mass is 688 g/mol. The zero-order valence-corrected chi connectivity index (χ0v) is 27.4. The average molecular weight is 689 g/mol. The number of carbonyl (C=O) groups excluding carboxylic acids is 3. The zero-order chi connectivity index (χ0) is 34.0. The van der Waals surface area contributed by atoms with E-state index in [2.05, 4.69) is 26.7 Å². The lowest BCUT2D eigenvalue weighted by Gasteiger charge is -2.27. The van der Waals surface area contributed by atoms with Crippen molar-refractivity contribution < 1.29 is 45.8 Å². The zero-order valence-electron chi connectivity index (χ0n) is 26.6. The number of benzene rings is 1. The molecule has 0 spiro atoms. The predicted molar refractivity (Wildman–Crippen MR) is 167 cm³/mol. The van der Waals surface area contributed by atoms with E-state index >= 15 is 0 Å². The van der Waals surface area contributed by atoms with E-state index in [0.29, 0.717) is 29.5 Å². The molecule has 5 aliphatic rings. The van der Waals surface area contributed by atoms with Gasteiger partial charge < -0.3 is 24.4 Å². The molecule has 0 radical (unpaired) electrons. The van der Waals surface area contributed by atoms with Gasteiger partial charge >= 0.3 is 6.29 Å². The topological polar surface area (TPSA) is 153 Å². The molecule has 1 saturated heterocycles. The van der Waals surface area contributed by atoms with E-state index in [9.17, 15) is 31.6 Å².